The van der Waals surface area contributed by atoms with Crippen LogP contribution in [-0.4, -0.2) is 26.4 Å². The highest BCUT2D eigenvalue weighted by atomic mass is 32.2. The van der Waals surface area contributed by atoms with Gasteiger partial charge in [-0.3, -0.25) is 4.79 Å². The molecule has 0 saturated carbocycles. The Bertz CT molecular complexity index is 986. The Morgan fingerprint density at radius 3 is 2.57 bits per heavy atom. The predicted molar refractivity (Wildman–Crippen MR) is 126 cm³/mol. The van der Waals surface area contributed by atoms with Crippen LogP contribution in [0.3, 0.4) is 0 Å². The zero-order valence-corrected chi connectivity index (χ0v) is 18.9. The van der Waals surface area contributed by atoms with Crippen molar-refractivity contribution in [3.8, 4) is 0 Å². The normalized spacial score (nSPS) is 10.9. The van der Waals surface area contributed by atoms with E-state index in [9.17, 15) is 4.79 Å². The van der Waals surface area contributed by atoms with E-state index in [2.05, 4.69) is 48.1 Å². The molecule has 0 bridgehead atoms. The van der Waals surface area contributed by atoms with Crippen LogP contribution in [0, 0.1) is 0 Å². The van der Waals surface area contributed by atoms with Crippen molar-refractivity contribution in [1.29, 1.82) is 0 Å². The van der Waals surface area contributed by atoms with Crippen LogP contribution in [0.2, 0.25) is 0 Å². The smallest absolute Gasteiger partial charge is 0.234 e. The largest absolute Gasteiger partial charge is 0.325 e. The molecule has 3 aromatic rings. The number of hydrogen-bond acceptors (Lipinski definition) is 5. The van der Waals surface area contributed by atoms with E-state index < -0.39 is 0 Å². The molecule has 0 spiro atoms. The molecule has 0 aliphatic heterocycles. The molecule has 0 radical (unpaired) electrons. The van der Waals surface area contributed by atoms with Crippen LogP contribution in [0.4, 0.5) is 5.69 Å². The van der Waals surface area contributed by atoms with Crippen molar-refractivity contribution in [3.05, 3.63) is 78.6 Å². The predicted octanol–water partition coefficient (Wildman–Crippen LogP) is 5.61. The minimum absolute atomic E-state index is 0.0542. The number of carbonyl (C=O) groups excluding carboxylic acids is 1. The van der Waals surface area contributed by atoms with E-state index in [1.807, 2.05) is 53.1 Å². The first-order valence-corrected chi connectivity index (χ1v) is 11.8. The standard InChI is InChI=1S/C23H26N4OS2/c1-4-14-27-21(15-29-18-10-6-5-7-11-18)25-26-23(27)30-16-22(28)24-20-13-9-8-12-19(20)17(2)3/h4-13,17H,1,14-16H2,2-3H3,(H,24,28). The highest BCUT2D eigenvalue weighted by Gasteiger charge is 2.15. The van der Waals surface area contributed by atoms with Crippen LogP contribution in [-0.2, 0) is 17.1 Å². The Kier molecular flexibility index (Phi) is 8.16. The van der Waals surface area contributed by atoms with E-state index >= 15 is 0 Å². The summed E-state index contributed by atoms with van der Waals surface area (Å²) in [7, 11) is 0. The Morgan fingerprint density at radius 1 is 1.10 bits per heavy atom. The number of nitrogens with zero attached hydrogens (tertiary/aromatic N) is 3. The zero-order valence-electron chi connectivity index (χ0n) is 17.2. The lowest BCUT2D eigenvalue weighted by Gasteiger charge is -2.13. The SMILES string of the molecule is C=CCn1c(CSc2ccccc2)nnc1SCC(=O)Nc1ccccc1C(C)C. The number of rotatable bonds is 10. The van der Waals surface area contributed by atoms with Crippen LogP contribution in [0.5, 0.6) is 0 Å². The fraction of sp³-hybridized carbons (Fsp3) is 0.261. The van der Waals surface area contributed by atoms with Crippen molar-refractivity contribution in [3.63, 3.8) is 0 Å². The van der Waals surface area contributed by atoms with Gasteiger partial charge in [0.25, 0.3) is 0 Å². The molecular formula is C23H26N4OS2. The van der Waals surface area contributed by atoms with Gasteiger partial charge < -0.3 is 9.88 Å². The molecular weight excluding hydrogens is 412 g/mol. The van der Waals surface area contributed by atoms with Gasteiger partial charge >= 0.3 is 0 Å². The lowest BCUT2D eigenvalue weighted by molar-refractivity contribution is -0.113. The Balaban J connectivity index is 1.63. The molecule has 5 nitrogen and oxygen atoms in total. The topological polar surface area (TPSA) is 59.8 Å². The number of thioether (sulfide) groups is 2. The molecule has 7 heteroatoms. The molecule has 1 aromatic heterocycles. The first kappa shape index (κ1) is 22.2. The third-order valence-electron chi connectivity index (χ3n) is 4.41. The Morgan fingerprint density at radius 2 is 1.83 bits per heavy atom. The summed E-state index contributed by atoms with van der Waals surface area (Å²) in [6, 6.07) is 18.1. The summed E-state index contributed by atoms with van der Waals surface area (Å²) in [5.74, 6) is 2.14. The third-order valence-corrected chi connectivity index (χ3v) is 6.38. The van der Waals surface area contributed by atoms with Crippen LogP contribution in [0.1, 0.15) is 31.2 Å². The maximum Gasteiger partial charge on any atom is 0.234 e. The lowest BCUT2D eigenvalue weighted by Crippen LogP contribution is -2.16. The number of carbonyl (C=O) groups is 1. The minimum atomic E-state index is -0.0542. The van der Waals surface area contributed by atoms with Crippen molar-refractivity contribution in [1.82, 2.24) is 14.8 Å². The van der Waals surface area contributed by atoms with Crippen LogP contribution in [0.15, 0.2) is 77.3 Å². The van der Waals surface area contributed by atoms with Gasteiger partial charge in [-0.1, -0.05) is 68.1 Å². The monoisotopic (exact) mass is 438 g/mol. The molecule has 156 valence electrons. The van der Waals surface area contributed by atoms with E-state index in [1.165, 1.54) is 16.7 Å². The second-order valence-corrected chi connectivity index (χ2v) is 8.97. The van der Waals surface area contributed by atoms with Gasteiger partial charge in [0, 0.05) is 17.1 Å². The fourth-order valence-electron chi connectivity index (χ4n) is 2.94. The van der Waals surface area contributed by atoms with Gasteiger partial charge in [-0.25, -0.2) is 0 Å². The molecule has 0 aliphatic carbocycles. The van der Waals surface area contributed by atoms with Crippen molar-refractivity contribution in [2.75, 3.05) is 11.1 Å². The number of aromatic nitrogens is 3. The molecule has 0 aliphatic rings. The fourth-order valence-corrected chi connectivity index (χ4v) is 4.57. The van der Waals surface area contributed by atoms with E-state index in [0.717, 1.165) is 22.2 Å². The molecule has 0 fully saturated rings. The molecule has 0 saturated heterocycles. The van der Waals surface area contributed by atoms with E-state index in [-0.39, 0.29) is 11.7 Å². The van der Waals surface area contributed by atoms with E-state index in [1.54, 1.807) is 11.8 Å². The Labute approximate surface area is 186 Å². The quantitative estimate of drug-likeness (QED) is 0.329. The molecule has 1 heterocycles. The molecule has 1 N–H and O–H groups in total. The van der Waals surface area contributed by atoms with Gasteiger partial charge in [0.05, 0.1) is 11.5 Å². The molecule has 0 unspecified atom stereocenters. The molecule has 3 rings (SSSR count). The van der Waals surface area contributed by atoms with Gasteiger partial charge in [-0.2, -0.15) is 0 Å². The number of para-hydroxylation sites is 1. The van der Waals surface area contributed by atoms with Crippen molar-refractivity contribution < 1.29 is 4.79 Å². The summed E-state index contributed by atoms with van der Waals surface area (Å²) in [5.41, 5.74) is 2.00. The van der Waals surface area contributed by atoms with Gasteiger partial charge in [0.1, 0.15) is 5.82 Å². The summed E-state index contributed by atoms with van der Waals surface area (Å²) < 4.78 is 2.02. The summed E-state index contributed by atoms with van der Waals surface area (Å²) in [5, 5.41) is 12.4. The lowest BCUT2D eigenvalue weighted by atomic mass is 10.0. The molecule has 2 aromatic carbocycles. The van der Waals surface area contributed by atoms with Crippen molar-refractivity contribution in [2.45, 2.75) is 42.1 Å². The average molecular weight is 439 g/mol. The highest BCUT2D eigenvalue weighted by Crippen LogP contribution is 2.26. The van der Waals surface area contributed by atoms with Crippen molar-refractivity contribution >= 4 is 35.1 Å². The molecule has 0 atom stereocenters. The number of anilines is 1. The second kappa shape index (κ2) is 11.0. The molecule has 1 amide bonds. The third kappa shape index (κ3) is 6.00. The number of nitrogens with one attached hydrogen (secondary N) is 1. The van der Waals surface area contributed by atoms with Gasteiger partial charge in [0.2, 0.25) is 5.91 Å². The number of benzene rings is 2. The van der Waals surface area contributed by atoms with Gasteiger partial charge in [0.15, 0.2) is 5.16 Å². The summed E-state index contributed by atoms with van der Waals surface area (Å²) in [6.07, 6.45) is 1.82. The Hall–Kier alpha value is -2.51. The van der Waals surface area contributed by atoms with Gasteiger partial charge in [-0.15, -0.1) is 28.5 Å². The summed E-state index contributed by atoms with van der Waals surface area (Å²) >= 11 is 3.10. The number of amides is 1. The van der Waals surface area contributed by atoms with Gasteiger partial charge in [-0.05, 0) is 29.7 Å². The minimum Gasteiger partial charge on any atom is -0.325 e. The first-order chi connectivity index (χ1) is 14.6. The van der Waals surface area contributed by atoms with E-state index in [0.29, 0.717) is 18.2 Å². The number of hydrogen-bond donors (Lipinski definition) is 1. The maximum absolute atomic E-state index is 12.5. The van der Waals surface area contributed by atoms with Crippen LogP contribution >= 0.6 is 23.5 Å². The average Bonchev–Trinajstić information content (AvgIpc) is 3.13. The van der Waals surface area contributed by atoms with Crippen molar-refractivity contribution in [2.24, 2.45) is 0 Å². The first-order valence-electron chi connectivity index (χ1n) is 9.81. The second-order valence-electron chi connectivity index (χ2n) is 6.98. The zero-order chi connectivity index (χ0) is 21.3. The maximum atomic E-state index is 12.5. The highest BCUT2D eigenvalue weighted by molar-refractivity contribution is 7.99. The van der Waals surface area contributed by atoms with E-state index in [4.69, 9.17) is 0 Å². The van der Waals surface area contributed by atoms with Crippen LogP contribution < -0.4 is 5.32 Å². The summed E-state index contributed by atoms with van der Waals surface area (Å²) in [4.78, 5) is 13.7. The number of allylic oxidation sites excluding steroid dienone is 1. The summed E-state index contributed by atoms with van der Waals surface area (Å²) in [6.45, 7) is 8.69. The van der Waals surface area contributed by atoms with Crippen LogP contribution in [0.25, 0.3) is 0 Å². The molecule has 30 heavy (non-hydrogen) atoms.